The molecule has 1 aliphatic heterocycles. The zero-order valence-corrected chi connectivity index (χ0v) is 14.0. The lowest BCUT2D eigenvalue weighted by atomic mass is 9.65. The van der Waals surface area contributed by atoms with E-state index in [1.54, 1.807) is 0 Å². The van der Waals surface area contributed by atoms with E-state index in [1.807, 2.05) is 21.0 Å². The van der Waals surface area contributed by atoms with E-state index in [0.29, 0.717) is 11.5 Å². The average Bonchev–Trinajstić information content (AvgIpc) is 2.38. The summed E-state index contributed by atoms with van der Waals surface area (Å²) in [7, 11) is 1.85. The zero-order valence-electron chi connectivity index (χ0n) is 14.0. The van der Waals surface area contributed by atoms with Crippen molar-refractivity contribution in [2.45, 2.75) is 66.4 Å². The molecular weight excluding hydrogens is 234 g/mol. The Balaban J connectivity index is 0.000000861. The molecule has 1 heterocycles. The fourth-order valence-corrected chi connectivity index (χ4v) is 3.78. The number of hydrogen-bond acceptors (Lipinski definition) is 2. The van der Waals surface area contributed by atoms with Crippen LogP contribution in [0.3, 0.4) is 0 Å². The van der Waals surface area contributed by atoms with Crippen molar-refractivity contribution in [2.24, 2.45) is 17.3 Å². The first-order valence-corrected chi connectivity index (χ1v) is 8.30. The van der Waals surface area contributed by atoms with E-state index in [4.69, 9.17) is 4.74 Å². The van der Waals surface area contributed by atoms with Gasteiger partial charge in [0.05, 0.1) is 6.10 Å². The van der Waals surface area contributed by atoms with Crippen LogP contribution in [-0.2, 0) is 4.74 Å². The van der Waals surface area contributed by atoms with Crippen LogP contribution < -0.4 is 0 Å². The van der Waals surface area contributed by atoms with Crippen molar-refractivity contribution in [3.8, 4) is 0 Å². The van der Waals surface area contributed by atoms with E-state index in [2.05, 4.69) is 25.7 Å². The van der Waals surface area contributed by atoms with Crippen molar-refractivity contribution in [1.29, 1.82) is 0 Å². The van der Waals surface area contributed by atoms with Crippen molar-refractivity contribution < 1.29 is 4.74 Å². The smallest absolute Gasteiger partial charge is 0.0571 e. The van der Waals surface area contributed by atoms with Crippen LogP contribution in [0.5, 0.6) is 0 Å². The molecule has 1 aliphatic carbocycles. The Hall–Kier alpha value is -0.0800. The standard InChI is InChI=1S/C15H29NO.C2H6/c1-12(2)9-16-10-15(11-16)7-5-14(6-8-15)13(3)17-4;1-2/h12-14H,5-11H2,1-4H3;1-2H3. The summed E-state index contributed by atoms with van der Waals surface area (Å²) in [5.74, 6) is 1.63. The molecule has 1 saturated heterocycles. The summed E-state index contributed by atoms with van der Waals surface area (Å²) >= 11 is 0. The van der Waals surface area contributed by atoms with Gasteiger partial charge in [0.1, 0.15) is 0 Å². The van der Waals surface area contributed by atoms with E-state index < -0.39 is 0 Å². The van der Waals surface area contributed by atoms with Crippen molar-refractivity contribution in [3.05, 3.63) is 0 Å². The monoisotopic (exact) mass is 269 g/mol. The first-order chi connectivity index (χ1) is 9.04. The van der Waals surface area contributed by atoms with Gasteiger partial charge in [0, 0.05) is 26.7 Å². The molecule has 2 fully saturated rings. The number of nitrogens with zero attached hydrogens (tertiary/aromatic N) is 1. The Labute approximate surface area is 120 Å². The summed E-state index contributed by atoms with van der Waals surface area (Å²) < 4.78 is 5.47. The van der Waals surface area contributed by atoms with Crippen LogP contribution >= 0.6 is 0 Å². The quantitative estimate of drug-likeness (QED) is 0.758. The molecule has 2 aliphatic rings. The van der Waals surface area contributed by atoms with E-state index in [1.165, 1.54) is 45.3 Å². The first kappa shape index (κ1) is 17.0. The molecule has 19 heavy (non-hydrogen) atoms. The molecule has 1 unspecified atom stereocenters. The number of hydrogen-bond donors (Lipinski definition) is 0. The summed E-state index contributed by atoms with van der Waals surface area (Å²) in [6.07, 6.45) is 6.08. The Morgan fingerprint density at radius 2 is 1.63 bits per heavy atom. The molecule has 0 aromatic rings. The highest BCUT2D eigenvalue weighted by Crippen LogP contribution is 2.46. The van der Waals surface area contributed by atoms with Gasteiger partial charge in [-0.3, -0.25) is 0 Å². The molecule has 0 radical (unpaired) electrons. The Bertz CT molecular complexity index is 236. The highest BCUT2D eigenvalue weighted by atomic mass is 16.5. The molecular formula is C17H35NO. The summed E-state index contributed by atoms with van der Waals surface area (Å²) in [5.41, 5.74) is 0.693. The van der Waals surface area contributed by atoms with Crippen LogP contribution in [0.2, 0.25) is 0 Å². The lowest BCUT2D eigenvalue weighted by molar-refractivity contribution is -0.0603. The molecule has 2 rings (SSSR count). The molecule has 0 aromatic carbocycles. The lowest BCUT2D eigenvalue weighted by Gasteiger charge is -2.54. The van der Waals surface area contributed by atoms with Crippen LogP contribution in [-0.4, -0.2) is 37.7 Å². The third-order valence-electron chi connectivity index (χ3n) is 4.87. The van der Waals surface area contributed by atoms with Crippen molar-refractivity contribution in [1.82, 2.24) is 4.90 Å². The molecule has 0 N–H and O–H groups in total. The van der Waals surface area contributed by atoms with Gasteiger partial charge >= 0.3 is 0 Å². The summed E-state index contributed by atoms with van der Waals surface area (Å²) in [4.78, 5) is 2.64. The fourth-order valence-electron chi connectivity index (χ4n) is 3.78. The van der Waals surface area contributed by atoms with Gasteiger partial charge in [-0.25, -0.2) is 0 Å². The molecule has 1 spiro atoms. The second kappa shape index (κ2) is 7.64. The van der Waals surface area contributed by atoms with Crippen LogP contribution in [0.25, 0.3) is 0 Å². The minimum atomic E-state index is 0.458. The van der Waals surface area contributed by atoms with E-state index >= 15 is 0 Å². The number of rotatable bonds is 4. The maximum atomic E-state index is 5.47. The minimum Gasteiger partial charge on any atom is -0.381 e. The average molecular weight is 269 g/mol. The topological polar surface area (TPSA) is 12.5 Å². The second-order valence-electron chi connectivity index (χ2n) is 6.84. The van der Waals surface area contributed by atoms with Gasteiger partial charge in [0.15, 0.2) is 0 Å². The van der Waals surface area contributed by atoms with Crippen molar-refractivity contribution >= 4 is 0 Å². The van der Waals surface area contributed by atoms with Crippen LogP contribution in [0.4, 0.5) is 0 Å². The SMILES string of the molecule is CC.COC(C)C1CCC2(CC1)CN(CC(C)C)C2. The molecule has 1 atom stereocenters. The number of methoxy groups -OCH3 is 1. The molecule has 2 nitrogen and oxygen atoms in total. The van der Waals surface area contributed by atoms with Gasteiger partial charge in [-0.15, -0.1) is 0 Å². The maximum Gasteiger partial charge on any atom is 0.0571 e. The third kappa shape index (κ3) is 4.46. The minimum absolute atomic E-state index is 0.458. The van der Waals surface area contributed by atoms with E-state index in [0.717, 1.165) is 11.8 Å². The molecule has 0 amide bonds. The maximum absolute atomic E-state index is 5.47. The van der Waals surface area contributed by atoms with Crippen LogP contribution in [0.15, 0.2) is 0 Å². The second-order valence-corrected chi connectivity index (χ2v) is 6.84. The highest BCUT2D eigenvalue weighted by molar-refractivity contribution is 4.98. The molecule has 0 aromatic heterocycles. The molecule has 114 valence electrons. The van der Waals surface area contributed by atoms with Crippen molar-refractivity contribution in [2.75, 3.05) is 26.7 Å². The predicted octanol–water partition coefficient (Wildman–Crippen LogP) is 4.20. The first-order valence-electron chi connectivity index (χ1n) is 8.30. The summed E-state index contributed by atoms with van der Waals surface area (Å²) in [6, 6.07) is 0. The van der Waals surface area contributed by atoms with E-state index in [-0.39, 0.29) is 0 Å². The largest absolute Gasteiger partial charge is 0.381 e. The Kier molecular flexibility index (Phi) is 6.82. The highest BCUT2D eigenvalue weighted by Gasteiger charge is 2.45. The van der Waals surface area contributed by atoms with Crippen LogP contribution in [0, 0.1) is 17.3 Å². The van der Waals surface area contributed by atoms with Gasteiger partial charge in [-0.2, -0.15) is 0 Å². The van der Waals surface area contributed by atoms with Gasteiger partial charge in [0.25, 0.3) is 0 Å². The predicted molar refractivity (Wildman–Crippen MR) is 83.5 cm³/mol. The van der Waals surface area contributed by atoms with Gasteiger partial charge < -0.3 is 9.64 Å². The number of likely N-dealkylation sites (tertiary alicyclic amines) is 1. The third-order valence-corrected chi connectivity index (χ3v) is 4.87. The van der Waals surface area contributed by atoms with Gasteiger partial charge in [-0.1, -0.05) is 27.7 Å². The van der Waals surface area contributed by atoms with E-state index in [9.17, 15) is 0 Å². The summed E-state index contributed by atoms with van der Waals surface area (Å²) in [5, 5.41) is 0. The molecule has 1 saturated carbocycles. The summed E-state index contributed by atoms with van der Waals surface area (Å²) in [6.45, 7) is 14.9. The van der Waals surface area contributed by atoms with Gasteiger partial charge in [0.2, 0.25) is 0 Å². The molecule has 0 bridgehead atoms. The lowest BCUT2D eigenvalue weighted by Crippen LogP contribution is -2.58. The van der Waals surface area contributed by atoms with Crippen molar-refractivity contribution in [3.63, 3.8) is 0 Å². The Morgan fingerprint density at radius 1 is 1.11 bits per heavy atom. The van der Waals surface area contributed by atoms with Crippen LogP contribution in [0.1, 0.15) is 60.3 Å². The zero-order chi connectivity index (χ0) is 14.5. The van der Waals surface area contributed by atoms with Gasteiger partial charge in [-0.05, 0) is 49.9 Å². The Morgan fingerprint density at radius 3 is 2.05 bits per heavy atom. The number of ether oxygens (including phenoxy) is 1. The normalized spacial score (nSPS) is 24.8. The molecule has 2 heteroatoms. The fraction of sp³-hybridized carbons (Fsp3) is 1.00.